The van der Waals surface area contributed by atoms with E-state index >= 15 is 0 Å². The van der Waals surface area contributed by atoms with Crippen molar-refractivity contribution in [3.05, 3.63) is 70.3 Å². The lowest BCUT2D eigenvalue weighted by atomic mass is 9.83. The number of hydrogen-bond donors (Lipinski definition) is 0. The van der Waals surface area contributed by atoms with E-state index in [0.717, 1.165) is 0 Å². The zero-order valence-corrected chi connectivity index (χ0v) is 16.9. The van der Waals surface area contributed by atoms with E-state index in [4.69, 9.17) is 0 Å². The van der Waals surface area contributed by atoms with Crippen molar-refractivity contribution in [3.8, 4) is 0 Å². The fourth-order valence-corrected chi connectivity index (χ4v) is 5.47. The van der Waals surface area contributed by atoms with Crippen LogP contribution in [0.4, 0.5) is 0 Å². The van der Waals surface area contributed by atoms with Crippen molar-refractivity contribution < 1.29 is 22.8 Å². The van der Waals surface area contributed by atoms with E-state index in [2.05, 4.69) is 0 Å². The Labute approximate surface area is 169 Å². The SMILES string of the molecule is CCS(=O)(=O)C1CCN(C(=O)c2ccc3c(c2)C(=O)c2ccccc2C3=O)CC1. The van der Waals surface area contributed by atoms with Crippen LogP contribution in [0.25, 0.3) is 0 Å². The molecule has 150 valence electrons. The van der Waals surface area contributed by atoms with Crippen molar-refractivity contribution in [1.29, 1.82) is 0 Å². The smallest absolute Gasteiger partial charge is 0.253 e. The molecule has 2 aliphatic rings. The number of hydrogen-bond acceptors (Lipinski definition) is 5. The molecule has 6 nitrogen and oxygen atoms in total. The maximum absolute atomic E-state index is 12.9. The minimum atomic E-state index is -3.11. The summed E-state index contributed by atoms with van der Waals surface area (Å²) >= 11 is 0. The maximum Gasteiger partial charge on any atom is 0.253 e. The fraction of sp³-hybridized carbons (Fsp3) is 0.318. The normalized spacial score (nSPS) is 17.1. The number of likely N-dealkylation sites (tertiary alicyclic amines) is 1. The van der Waals surface area contributed by atoms with Crippen molar-refractivity contribution in [2.75, 3.05) is 18.8 Å². The molecule has 0 spiro atoms. The van der Waals surface area contributed by atoms with E-state index in [1.165, 1.54) is 12.1 Å². The Kier molecular flexibility index (Phi) is 4.86. The van der Waals surface area contributed by atoms with Gasteiger partial charge in [0, 0.05) is 46.7 Å². The highest BCUT2D eigenvalue weighted by Gasteiger charge is 2.33. The second kappa shape index (κ2) is 7.22. The summed E-state index contributed by atoms with van der Waals surface area (Å²) in [4.78, 5) is 40.1. The summed E-state index contributed by atoms with van der Waals surface area (Å²) < 4.78 is 24.1. The first-order valence-electron chi connectivity index (χ1n) is 9.67. The molecule has 0 radical (unpaired) electrons. The summed E-state index contributed by atoms with van der Waals surface area (Å²) in [6, 6.07) is 11.3. The predicted molar refractivity (Wildman–Crippen MR) is 108 cm³/mol. The molecule has 1 aliphatic heterocycles. The zero-order valence-electron chi connectivity index (χ0n) is 16.1. The highest BCUT2D eigenvalue weighted by Crippen LogP contribution is 2.28. The molecule has 2 aromatic rings. The highest BCUT2D eigenvalue weighted by atomic mass is 32.2. The van der Waals surface area contributed by atoms with E-state index in [1.54, 1.807) is 42.2 Å². The molecule has 29 heavy (non-hydrogen) atoms. The van der Waals surface area contributed by atoms with E-state index in [0.29, 0.717) is 48.2 Å². The molecule has 1 amide bonds. The molecule has 0 unspecified atom stereocenters. The van der Waals surface area contributed by atoms with Gasteiger partial charge in [-0.3, -0.25) is 14.4 Å². The van der Waals surface area contributed by atoms with Crippen molar-refractivity contribution in [2.24, 2.45) is 0 Å². The molecular weight excluding hydrogens is 390 g/mol. The summed E-state index contributed by atoms with van der Waals surface area (Å²) in [5, 5.41) is -0.407. The molecule has 4 rings (SSSR count). The first kappa shape index (κ1) is 19.5. The van der Waals surface area contributed by atoms with E-state index < -0.39 is 15.1 Å². The molecule has 1 saturated heterocycles. The van der Waals surface area contributed by atoms with Crippen LogP contribution in [-0.4, -0.2) is 54.9 Å². The Hall–Kier alpha value is -2.80. The molecule has 1 aliphatic carbocycles. The lowest BCUT2D eigenvalue weighted by Gasteiger charge is -2.31. The number of amides is 1. The number of benzene rings is 2. The summed E-state index contributed by atoms with van der Waals surface area (Å²) in [7, 11) is -3.11. The van der Waals surface area contributed by atoms with E-state index in [-0.39, 0.29) is 28.8 Å². The highest BCUT2D eigenvalue weighted by molar-refractivity contribution is 7.92. The van der Waals surface area contributed by atoms with Crippen LogP contribution in [0, 0.1) is 0 Å². The van der Waals surface area contributed by atoms with Crippen molar-refractivity contribution >= 4 is 27.3 Å². The zero-order chi connectivity index (χ0) is 20.8. The van der Waals surface area contributed by atoms with Crippen LogP contribution >= 0.6 is 0 Å². The third kappa shape index (κ3) is 3.29. The molecular formula is C22H21NO5S. The molecule has 1 heterocycles. The average molecular weight is 411 g/mol. The second-order valence-electron chi connectivity index (χ2n) is 7.41. The minimum absolute atomic E-state index is 0.105. The van der Waals surface area contributed by atoms with Gasteiger partial charge in [-0.15, -0.1) is 0 Å². The first-order valence-corrected chi connectivity index (χ1v) is 11.4. The van der Waals surface area contributed by atoms with Gasteiger partial charge in [0.1, 0.15) is 0 Å². The van der Waals surface area contributed by atoms with Crippen LogP contribution in [-0.2, 0) is 9.84 Å². The van der Waals surface area contributed by atoms with Gasteiger partial charge in [0.25, 0.3) is 5.91 Å². The van der Waals surface area contributed by atoms with Crippen LogP contribution in [0.5, 0.6) is 0 Å². The Morgan fingerprint density at radius 2 is 1.48 bits per heavy atom. The molecule has 0 aromatic heterocycles. The summed E-state index contributed by atoms with van der Waals surface area (Å²) in [6.45, 7) is 2.35. The number of carbonyl (C=O) groups excluding carboxylic acids is 3. The third-order valence-corrected chi connectivity index (χ3v) is 8.10. The fourth-order valence-electron chi connectivity index (χ4n) is 4.07. The van der Waals surface area contributed by atoms with Gasteiger partial charge in [0.15, 0.2) is 21.4 Å². The molecule has 0 N–H and O–H groups in total. The summed E-state index contributed by atoms with van der Waals surface area (Å²) in [6.07, 6.45) is 0.829. The predicted octanol–water partition coefficient (Wildman–Crippen LogP) is 2.50. The third-order valence-electron chi connectivity index (χ3n) is 5.81. The van der Waals surface area contributed by atoms with Gasteiger partial charge >= 0.3 is 0 Å². The molecule has 2 aromatic carbocycles. The van der Waals surface area contributed by atoms with Crippen LogP contribution < -0.4 is 0 Å². The van der Waals surface area contributed by atoms with Gasteiger partial charge in [0.05, 0.1) is 5.25 Å². The second-order valence-corrected chi connectivity index (χ2v) is 9.98. The average Bonchev–Trinajstić information content (AvgIpc) is 2.76. The van der Waals surface area contributed by atoms with Crippen LogP contribution in [0.2, 0.25) is 0 Å². The lowest BCUT2D eigenvalue weighted by molar-refractivity contribution is 0.0725. The maximum atomic E-state index is 12.9. The summed E-state index contributed by atoms with van der Waals surface area (Å²) in [5.41, 5.74) is 1.60. The van der Waals surface area contributed by atoms with Crippen LogP contribution in [0.1, 0.15) is 62.0 Å². The van der Waals surface area contributed by atoms with Crippen molar-refractivity contribution in [3.63, 3.8) is 0 Å². The van der Waals surface area contributed by atoms with Crippen molar-refractivity contribution in [2.45, 2.75) is 25.0 Å². The van der Waals surface area contributed by atoms with Gasteiger partial charge in [0.2, 0.25) is 0 Å². The van der Waals surface area contributed by atoms with Gasteiger partial charge in [-0.1, -0.05) is 31.2 Å². The van der Waals surface area contributed by atoms with Crippen LogP contribution in [0.3, 0.4) is 0 Å². The Morgan fingerprint density at radius 3 is 2.07 bits per heavy atom. The van der Waals surface area contributed by atoms with Crippen molar-refractivity contribution in [1.82, 2.24) is 4.90 Å². The molecule has 7 heteroatoms. The number of nitrogens with zero attached hydrogens (tertiary/aromatic N) is 1. The summed E-state index contributed by atoms with van der Waals surface area (Å²) in [5.74, 6) is -0.634. The monoisotopic (exact) mass is 411 g/mol. The van der Waals surface area contributed by atoms with Gasteiger partial charge in [-0.2, -0.15) is 0 Å². The largest absolute Gasteiger partial charge is 0.339 e. The number of piperidine rings is 1. The van der Waals surface area contributed by atoms with Gasteiger partial charge in [-0.05, 0) is 31.0 Å². The Bertz CT molecular complexity index is 1130. The van der Waals surface area contributed by atoms with Gasteiger partial charge in [-0.25, -0.2) is 8.42 Å². The number of carbonyl (C=O) groups is 3. The molecule has 0 atom stereocenters. The standard InChI is InChI=1S/C22H21NO5S/c1-2-29(27,28)15-9-11-23(12-10-15)22(26)14-7-8-18-19(13-14)21(25)17-6-4-3-5-16(17)20(18)24/h3-8,13,15H,2,9-12H2,1H3. The topological polar surface area (TPSA) is 88.6 Å². The first-order chi connectivity index (χ1) is 13.8. The van der Waals surface area contributed by atoms with E-state index in [9.17, 15) is 22.8 Å². The number of fused-ring (bicyclic) bond motifs is 2. The lowest BCUT2D eigenvalue weighted by Crippen LogP contribution is -2.43. The quantitative estimate of drug-likeness (QED) is 0.661. The van der Waals surface area contributed by atoms with Gasteiger partial charge < -0.3 is 4.90 Å². The molecule has 0 bridgehead atoms. The van der Waals surface area contributed by atoms with E-state index in [1.807, 2.05) is 0 Å². The Morgan fingerprint density at radius 1 is 0.931 bits per heavy atom. The number of sulfone groups is 1. The Balaban J connectivity index is 1.58. The molecule has 0 saturated carbocycles. The van der Waals surface area contributed by atoms with Crippen LogP contribution in [0.15, 0.2) is 42.5 Å². The minimum Gasteiger partial charge on any atom is -0.339 e. The number of rotatable bonds is 3. The number of ketones is 2. The molecule has 1 fully saturated rings.